The fourth-order valence-electron chi connectivity index (χ4n) is 1.92. The Morgan fingerprint density at radius 1 is 1.29 bits per heavy atom. The van der Waals surface area contributed by atoms with E-state index in [1.807, 2.05) is 13.0 Å². The van der Waals surface area contributed by atoms with Crippen molar-refractivity contribution < 1.29 is 4.39 Å². The number of aromatic nitrogens is 2. The van der Waals surface area contributed by atoms with Crippen LogP contribution < -0.4 is 16.6 Å². The first kappa shape index (κ1) is 14.0. The number of anilines is 3. The number of nitrogens with one attached hydrogen (secondary N) is 2. The van der Waals surface area contributed by atoms with Gasteiger partial charge in [0.05, 0.1) is 16.1 Å². The molecule has 0 aliphatic carbocycles. The summed E-state index contributed by atoms with van der Waals surface area (Å²) in [5.41, 5.74) is 2.99. The lowest BCUT2D eigenvalue weighted by atomic mass is 10.3. The average Bonchev–Trinajstić information content (AvgIpc) is 2.82. The summed E-state index contributed by atoms with van der Waals surface area (Å²) in [5, 5.41) is 4.22. The summed E-state index contributed by atoms with van der Waals surface area (Å²) in [7, 11) is 0. The maximum atomic E-state index is 13.1. The van der Waals surface area contributed by atoms with Gasteiger partial charge in [-0.25, -0.2) is 15.2 Å². The number of nitrogens with zero attached hydrogens (tertiary/aromatic N) is 2. The number of hydrazine groups is 1. The van der Waals surface area contributed by atoms with Crippen LogP contribution >= 0.6 is 22.9 Å². The summed E-state index contributed by atoms with van der Waals surface area (Å²) in [6.07, 6.45) is 0. The number of benzene rings is 1. The van der Waals surface area contributed by atoms with E-state index < -0.39 is 5.82 Å². The second kappa shape index (κ2) is 5.44. The van der Waals surface area contributed by atoms with Gasteiger partial charge in [-0.3, -0.25) is 5.43 Å². The van der Waals surface area contributed by atoms with Crippen LogP contribution in [0.25, 0.3) is 10.2 Å². The zero-order valence-electron chi connectivity index (χ0n) is 10.9. The van der Waals surface area contributed by atoms with Crippen LogP contribution in [0.3, 0.4) is 0 Å². The van der Waals surface area contributed by atoms with E-state index in [1.165, 1.54) is 23.5 Å². The monoisotopic (exact) mass is 323 g/mol. The van der Waals surface area contributed by atoms with Crippen LogP contribution in [-0.2, 0) is 0 Å². The molecular weight excluding hydrogens is 313 g/mol. The molecule has 21 heavy (non-hydrogen) atoms. The second-order valence-electron chi connectivity index (χ2n) is 4.37. The van der Waals surface area contributed by atoms with Crippen molar-refractivity contribution in [2.75, 3.05) is 10.7 Å². The predicted octanol–water partition coefficient (Wildman–Crippen LogP) is 3.82. The lowest BCUT2D eigenvalue weighted by Crippen LogP contribution is -2.11. The topological polar surface area (TPSA) is 75.9 Å². The number of hydrogen-bond donors (Lipinski definition) is 3. The van der Waals surface area contributed by atoms with Gasteiger partial charge in [0, 0.05) is 4.88 Å². The van der Waals surface area contributed by atoms with Crippen molar-refractivity contribution in [1.82, 2.24) is 9.97 Å². The standard InChI is InChI=1S/C13H11ClFN5S/c1-6-4-8-11(18-13(20-16)19-12(8)21-6)17-10-3-2-7(15)5-9(10)14/h2-5H,16H2,1H3,(H2,17,18,19,20). The Morgan fingerprint density at radius 2 is 2.10 bits per heavy atom. The molecule has 8 heteroatoms. The average molecular weight is 324 g/mol. The predicted molar refractivity (Wildman–Crippen MR) is 84.7 cm³/mol. The molecule has 0 amide bonds. The first-order valence-electron chi connectivity index (χ1n) is 6.03. The van der Waals surface area contributed by atoms with Crippen molar-refractivity contribution in [3.05, 3.63) is 40.0 Å². The highest BCUT2D eigenvalue weighted by Gasteiger charge is 2.12. The van der Waals surface area contributed by atoms with Gasteiger partial charge in [0.1, 0.15) is 16.5 Å². The Hall–Kier alpha value is -1.96. The molecular formula is C13H11ClFN5S. The van der Waals surface area contributed by atoms with Gasteiger partial charge >= 0.3 is 0 Å². The molecule has 2 aromatic heterocycles. The van der Waals surface area contributed by atoms with Crippen LogP contribution in [0.15, 0.2) is 24.3 Å². The summed E-state index contributed by atoms with van der Waals surface area (Å²) >= 11 is 7.56. The Morgan fingerprint density at radius 3 is 2.81 bits per heavy atom. The molecule has 2 heterocycles. The third-order valence-electron chi connectivity index (χ3n) is 2.83. The first-order valence-corrected chi connectivity index (χ1v) is 7.23. The van der Waals surface area contributed by atoms with Crippen LogP contribution in [0.1, 0.15) is 4.88 Å². The highest BCUT2D eigenvalue weighted by molar-refractivity contribution is 7.18. The molecule has 5 nitrogen and oxygen atoms in total. The Bertz CT molecular complexity index is 820. The van der Waals surface area contributed by atoms with Crippen LogP contribution in [0, 0.1) is 12.7 Å². The zero-order valence-corrected chi connectivity index (χ0v) is 12.5. The van der Waals surface area contributed by atoms with Gasteiger partial charge in [0.15, 0.2) is 0 Å². The van der Waals surface area contributed by atoms with Crippen LogP contribution in [-0.4, -0.2) is 9.97 Å². The normalized spacial score (nSPS) is 10.9. The zero-order chi connectivity index (χ0) is 15.0. The van der Waals surface area contributed by atoms with Crippen molar-refractivity contribution in [2.24, 2.45) is 5.84 Å². The third-order valence-corrected chi connectivity index (χ3v) is 4.09. The molecule has 108 valence electrons. The van der Waals surface area contributed by atoms with E-state index in [0.717, 1.165) is 15.1 Å². The van der Waals surface area contributed by atoms with E-state index in [4.69, 9.17) is 17.4 Å². The summed E-state index contributed by atoms with van der Waals surface area (Å²) in [6, 6.07) is 6.09. The van der Waals surface area contributed by atoms with Crippen molar-refractivity contribution in [2.45, 2.75) is 6.92 Å². The van der Waals surface area contributed by atoms with Crippen LogP contribution in [0.2, 0.25) is 5.02 Å². The van der Waals surface area contributed by atoms with Gasteiger partial charge in [-0.2, -0.15) is 4.98 Å². The molecule has 0 radical (unpaired) electrons. The summed E-state index contributed by atoms with van der Waals surface area (Å²) in [5.74, 6) is 5.85. The van der Waals surface area contributed by atoms with E-state index in [-0.39, 0.29) is 5.02 Å². The number of nitrogen functional groups attached to an aromatic ring is 1. The van der Waals surface area contributed by atoms with Crippen molar-refractivity contribution >= 4 is 50.6 Å². The fourth-order valence-corrected chi connectivity index (χ4v) is 3.01. The smallest absolute Gasteiger partial charge is 0.240 e. The lowest BCUT2D eigenvalue weighted by Gasteiger charge is -2.10. The van der Waals surface area contributed by atoms with Gasteiger partial charge in [0.2, 0.25) is 5.95 Å². The van der Waals surface area contributed by atoms with E-state index in [9.17, 15) is 4.39 Å². The van der Waals surface area contributed by atoms with E-state index in [2.05, 4.69) is 20.7 Å². The van der Waals surface area contributed by atoms with Crippen molar-refractivity contribution in [3.63, 3.8) is 0 Å². The molecule has 0 saturated heterocycles. The summed E-state index contributed by atoms with van der Waals surface area (Å²) in [4.78, 5) is 10.5. The number of rotatable bonds is 3. The Balaban J connectivity index is 2.10. The molecule has 0 unspecified atom stereocenters. The largest absolute Gasteiger partial charge is 0.338 e. The molecule has 0 saturated carbocycles. The number of nitrogens with two attached hydrogens (primary N) is 1. The minimum Gasteiger partial charge on any atom is -0.338 e. The molecule has 0 atom stereocenters. The van der Waals surface area contributed by atoms with Crippen LogP contribution in [0.5, 0.6) is 0 Å². The highest BCUT2D eigenvalue weighted by Crippen LogP contribution is 2.33. The van der Waals surface area contributed by atoms with Gasteiger partial charge in [-0.1, -0.05) is 11.6 Å². The molecule has 1 aromatic carbocycles. The summed E-state index contributed by atoms with van der Waals surface area (Å²) < 4.78 is 13.1. The van der Waals surface area contributed by atoms with E-state index in [0.29, 0.717) is 17.5 Å². The molecule has 0 aliphatic heterocycles. The molecule has 0 fully saturated rings. The Kier molecular flexibility index (Phi) is 3.62. The molecule has 3 rings (SSSR count). The number of hydrogen-bond acceptors (Lipinski definition) is 6. The van der Waals surface area contributed by atoms with Crippen LogP contribution in [0.4, 0.5) is 21.8 Å². The van der Waals surface area contributed by atoms with Crippen molar-refractivity contribution in [3.8, 4) is 0 Å². The quantitative estimate of drug-likeness (QED) is 0.504. The number of fused-ring (bicyclic) bond motifs is 1. The minimum absolute atomic E-state index is 0.274. The molecule has 0 bridgehead atoms. The fraction of sp³-hybridized carbons (Fsp3) is 0.0769. The number of aryl methyl sites for hydroxylation is 1. The molecule has 3 aromatic rings. The number of halogens is 2. The van der Waals surface area contributed by atoms with E-state index in [1.54, 1.807) is 6.07 Å². The number of thiophene rings is 1. The Labute approximate surface area is 128 Å². The molecule has 0 spiro atoms. The molecule has 0 aliphatic rings. The minimum atomic E-state index is -0.394. The SMILES string of the molecule is Cc1cc2c(Nc3ccc(F)cc3Cl)nc(NN)nc2s1. The van der Waals surface area contributed by atoms with Crippen molar-refractivity contribution in [1.29, 1.82) is 0 Å². The second-order valence-corrected chi connectivity index (χ2v) is 6.01. The first-order chi connectivity index (χ1) is 10.1. The van der Waals surface area contributed by atoms with Gasteiger partial charge in [-0.15, -0.1) is 11.3 Å². The summed E-state index contributed by atoms with van der Waals surface area (Å²) in [6.45, 7) is 1.98. The lowest BCUT2D eigenvalue weighted by molar-refractivity contribution is 0.628. The van der Waals surface area contributed by atoms with Gasteiger partial charge in [-0.05, 0) is 31.2 Å². The highest BCUT2D eigenvalue weighted by atomic mass is 35.5. The molecule has 4 N–H and O–H groups in total. The maximum Gasteiger partial charge on any atom is 0.240 e. The maximum absolute atomic E-state index is 13.1. The third kappa shape index (κ3) is 2.76. The van der Waals surface area contributed by atoms with Gasteiger partial charge < -0.3 is 5.32 Å². The van der Waals surface area contributed by atoms with E-state index >= 15 is 0 Å². The van der Waals surface area contributed by atoms with Gasteiger partial charge in [0.25, 0.3) is 0 Å².